The van der Waals surface area contributed by atoms with E-state index < -0.39 is 0 Å². The second-order valence-corrected chi connectivity index (χ2v) is 6.05. The summed E-state index contributed by atoms with van der Waals surface area (Å²) in [6, 6.07) is 15.3. The minimum atomic E-state index is -0.210. The number of carbonyl (C=O) groups is 1. The van der Waals surface area contributed by atoms with Crippen LogP contribution in [0, 0.1) is 18.8 Å². The van der Waals surface area contributed by atoms with E-state index in [2.05, 4.69) is 22.1 Å². The van der Waals surface area contributed by atoms with Crippen molar-refractivity contribution in [2.75, 3.05) is 19.8 Å². The molecule has 5 nitrogen and oxygen atoms in total. The Kier molecular flexibility index (Phi) is 6.48. The molecule has 3 rings (SSSR count). The van der Waals surface area contributed by atoms with Crippen LogP contribution in [0.5, 0.6) is 11.5 Å². The van der Waals surface area contributed by atoms with Gasteiger partial charge in [-0.15, -0.1) is 0 Å². The first-order valence-electron chi connectivity index (χ1n) is 9.13. The van der Waals surface area contributed by atoms with E-state index in [-0.39, 0.29) is 19.1 Å². The van der Waals surface area contributed by atoms with Gasteiger partial charge >= 0.3 is 0 Å². The standard InChI is InChI=1S/C23H22N2O3/c1-3-27-21-13-11-18-8-4-5-9-20(18)22(21)23(26)24-14-6-7-15-28-19-12-10-17(2)25-16-19/h4-5,8-13,16H,3,14-15H2,1-2H3,(H,24,26). The third-order valence-electron chi connectivity index (χ3n) is 4.08. The van der Waals surface area contributed by atoms with Crippen LogP contribution in [0.2, 0.25) is 0 Å². The topological polar surface area (TPSA) is 60.5 Å². The van der Waals surface area contributed by atoms with E-state index in [0.717, 1.165) is 16.5 Å². The second kappa shape index (κ2) is 9.43. The Labute approximate surface area is 164 Å². The van der Waals surface area contributed by atoms with E-state index in [1.54, 1.807) is 6.20 Å². The number of rotatable bonds is 6. The van der Waals surface area contributed by atoms with Crippen molar-refractivity contribution in [3.8, 4) is 23.3 Å². The minimum Gasteiger partial charge on any atom is -0.493 e. The molecule has 0 fully saturated rings. The molecule has 0 aliphatic rings. The highest BCUT2D eigenvalue weighted by Gasteiger charge is 2.15. The number of aryl methyl sites for hydroxylation is 1. The van der Waals surface area contributed by atoms with Crippen molar-refractivity contribution in [3.05, 3.63) is 66.0 Å². The number of pyridine rings is 1. The van der Waals surface area contributed by atoms with Gasteiger partial charge < -0.3 is 14.8 Å². The van der Waals surface area contributed by atoms with Crippen molar-refractivity contribution in [2.24, 2.45) is 0 Å². The van der Waals surface area contributed by atoms with Gasteiger partial charge in [-0.1, -0.05) is 42.2 Å². The van der Waals surface area contributed by atoms with Crippen LogP contribution in [0.1, 0.15) is 23.0 Å². The molecular weight excluding hydrogens is 352 g/mol. The molecule has 0 aliphatic heterocycles. The lowest BCUT2D eigenvalue weighted by molar-refractivity contribution is 0.0956. The number of aromatic nitrogens is 1. The fourth-order valence-corrected chi connectivity index (χ4v) is 2.75. The largest absolute Gasteiger partial charge is 0.493 e. The van der Waals surface area contributed by atoms with E-state index >= 15 is 0 Å². The zero-order valence-corrected chi connectivity index (χ0v) is 16.0. The maximum Gasteiger partial charge on any atom is 0.256 e. The predicted octanol–water partition coefficient (Wildman–Crippen LogP) is 3.75. The minimum absolute atomic E-state index is 0.210. The lowest BCUT2D eigenvalue weighted by Crippen LogP contribution is -2.24. The lowest BCUT2D eigenvalue weighted by Gasteiger charge is -2.12. The van der Waals surface area contributed by atoms with Gasteiger partial charge in [0.25, 0.3) is 5.91 Å². The monoisotopic (exact) mass is 374 g/mol. The van der Waals surface area contributed by atoms with Crippen molar-refractivity contribution in [2.45, 2.75) is 13.8 Å². The van der Waals surface area contributed by atoms with Crippen molar-refractivity contribution >= 4 is 16.7 Å². The molecule has 0 saturated heterocycles. The maximum absolute atomic E-state index is 12.7. The number of ether oxygens (including phenoxy) is 2. The summed E-state index contributed by atoms with van der Waals surface area (Å²) < 4.78 is 11.1. The Balaban J connectivity index is 1.62. The van der Waals surface area contributed by atoms with Crippen LogP contribution in [0.15, 0.2) is 54.7 Å². The molecule has 28 heavy (non-hydrogen) atoms. The normalized spacial score (nSPS) is 10.1. The van der Waals surface area contributed by atoms with Gasteiger partial charge in [-0.2, -0.15) is 0 Å². The summed E-state index contributed by atoms with van der Waals surface area (Å²) in [5.41, 5.74) is 1.46. The lowest BCUT2D eigenvalue weighted by atomic mass is 10.0. The average Bonchev–Trinajstić information content (AvgIpc) is 2.71. The Morgan fingerprint density at radius 1 is 1.07 bits per heavy atom. The van der Waals surface area contributed by atoms with E-state index in [1.165, 1.54) is 0 Å². The quantitative estimate of drug-likeness (QED) is 0.668. The first-order valence-corrected chi connectivity index (χ1v) is 9.13. The van der Waals surface area contributed by atoms with Crippen LogP contribution in [-0.2, 0) is 0 Å². The third-order valence-corrected chi connectivity index (χ3v) is 4.08. The van der Waals surface area contributed by atoms with Gasteiger partial charge in [0.15, 0.2) is 0 Å². The zero-order chi connectivity index (χ0) is 19.8. The van der Waals surface area contributed by atoms with Gasteiger partial charge in [0.2, 0.25) is 0 Å². The molecule has 142 valence electrons. The van der Waals surface area contributed by atoms with Gasteiger partial charge in [-0.05, 0) is 42.8 Å². The molecule has 1 aromatic heterocycles. The maximum atomic E-state index is 12.7. The Hall–Kier alpha value is -3.52. The zero-order valence-electron chi connectivity index (χ0n) is 16.0. The van der Waals surface area contributed by atoms with Gasteiger partial charge in [0.05, 0.1) is 24.9 Å². The molecular formula is C23H22N2O3. The Morgan fingerprint density at radius 3 is 2.71 bits per heavy atom. The van der Waals surface area contributed by atoms with Gasteiger partial charge in [0, 0.05) is 5.69 Å². The first-order chi connectivity index (χ1) is 13.7. The van der Waals surface area contributed by atoms with Crippen LogP contribution in [0.3, 0.4) is 0 Å². The molecule has 0 aliphatic carbocycles. The summed E-state index contributed by atoms with van der Waals surface area (Å²) in [5, 5.41) is 4.68. The SMILES string of the molecule is CCOc1ccc2ccccc2c1C(=O)NCC#CCOc1ccc(C)nc1. The number of amides is 1. The van der Waals surface area contributed by atoms with Gasteiger partial charge in [-0.25, -0.2) is 0 Å². The molecule has 0 spiro atoms. The number of carbonyl (C=O) groups excluding carboxylic acids is 1. The van der Waals surface area contributed by atoms with Crippen LogP contribution in [0.25, 0.3) is 10.8 Å². The average molecular weight is 374 g/mol. The summed E-state index contributed by atoms with van der Waals surface area (Å²) >= 11 is 0. The molecule has 1 amide bonds. The highest BCUT2D eigenvalue weighted by Crippen LogP contribution is 2.28. The fourth-order valence-electron chi connectivity index (χ4n) is 2.75. The smallest absolute Gasteiger partial charge is 0.256 e. The predicted molar refractivity (Wildman–Crippen MR) is 110 cm³/mol. The number of benzene rings is 2. The third kappa shape index (κ3) is 4.80. The molecule has 0 bridgehead atoms. The second-order valence-electron chi connectivity index (χ2n) is 6.05. The van der Waals surface area contributed by atoms with E-state index in [1.807, 2.05) is 62.4 Å². The van der Waals surface area contributed by atoms with Gasteiger partial charge in [-0.3, -0.25) is 9.78 Å². The molecule has 0 radical (unpaired) electrons. The number of fused-ring (bicyclic) bond motifs is 1. The van der Waals surface area contributed by atoms with Crippen LogP contribution < -0.4 is 14.8 Å². The van der Waals surface area contributed by atoms with E-state index in [4.69, 9.17) is 9.47 Å². The van der Waals surface area contributed by atoms with Gasteiger partial charge in [0.1, 0.15) is 18.1 Å². The number of nitrogens with one attached hydrogen (secondary N) is 1. The summed E-state index contributed by atoms with van der Waals surface area (Å²) in [5.74, 6) is 6.81. The highest BCUT2D eigenvalue weighted by molar-refractivity contribution is 6.09. The molecule has 2 aromatic carbocycles. The Morgan fingerprint density at radius 2 is 1.93 bits per heavy atom. The molecule has 0 saturated carbocycles. The molecule has 3 aromatic rings. The van der Waals surface area contributed by atoms with Crippen molar-refractivity contribution in [1.29, 1.82) is 0 Å². The van der Waals surface area contributed by atoms with Crippen molar-refractivity contribution in [1.82, 2.24) is 10.3 Å². The molecule has 1 heterocycles. The van der Waals surface area contributed by atoms with Crippen molar-refractivity contribution in [3.63, 3.8) is 0 Å². The molecule has 5 heteroatoms. The first kappa shape index (κ1) is 19.2. The molecule has 0 atom stereocenters. The highest BCUT2D eigenvalue weighted by atomic mass is 16.5. The number of hydrogen-bond donors (Lipinski definition) is 1. The van der Waals surface area contributed by atoms with E-state index in [9.17, 15) is 4.79 Å². The summed E-state index contributed by atoms with van der Waals surface area (Å²) in [6.07, 6.45) is 1.66. The van der Waals surface area contributed by atoms with Crippen LogP contribution in [0.4, 0.5) is 0 Å². The summed E-state index contributed by atoms with van der Waals surface area (Å²) in [6.45, 7) is 4.76. The number of hydrogen-bond acceptors (Lipinski definition) is 4. The molecule has 1 N–H and O–H groups in total. The summed E-state index contributed by atoms with van der Waals surface area (Å²) in [7, 11) is 0. The molecule has 0 unspecified atom stereocenters. The summed E-state index contributed by atoms with van der Waals surface area (Å²) in [4.78, 5) is 16.9. The fraction of sp³-hybridized carbons (Fsp3) is 0.217. The van der Waals surface area contributed by atoms with Crippen LogP contribution >= 0.6 is 0 Å². The van der Waals surface area contributed by atoms with E-state index in [0.29, 0.717) is 23.7 Å². The van der Waals surface area contributed by atoms with Crippen molar-refractivity contribution < 1.29 is 14.3 Å². The number of nitrogens with zero attached hydrogens (tertiary/aromatic N) is 1. The Bertz CT molecular complexity index is 1020. The van der Waals surface area contributed by atoms with Crippen LogP contribution in [-0.4, -0.2) is 30.6 Å².